The van der Waals surface area contributed by atoms with Crippen LogP contribution in [0.3, 0.4) is 0 Å². The predicted octanol–water partition coefficient (Wildman–Crippen LogP) is 1.57. The van der Waals surface area contributed by atoms with Gasteiger partial charge in [0.15, 0.2) is 0 Å². The van der Waals surface area contributed by atoms with E-state index >= 15 is 0 Å². The largest absolute Gasteiger partial charge is 0.368 e. The molecule has 2 N–H and O–H groups in total. The van der Waals surface area contributed by atoms with Crippen molar-refractivity contribution in [2.24, 2.45) is 5.73 Å². The number of aryl methyl sites for hydroxylation is 1. The van der Waals surface area contributed by atoms with Crippen molar-refractivity contribution in [2.75, 3.05) is 0 Å². The van der Waals surface area contributed by atoms with E-state index in [1.807, 2.05) is 25.1 Å². The van der Waals surface area contributed by atoms with Crippen LogP contribution < -0.4 is 5.73 Å². The highest BCUT2D eigenvalue weighted by molar-refractivity contribution is 6.16. The topological polar surface area (TPSA) is 60.9 Å². The van der Waals surface area contributed by atoms with Crippen LogP contribution in [-0.4, -0.2) is 15.5 Å². The Morgan fingerprint density at radius 3 is 2.94 bits per heavy atom. The highest BCUT2D eigenvalue weighted by atomic mass is 35.5. The van der Waals surface area contributed by atoms with Crippen molar-refractivity contribution < 1.29 is 4.79 Å². The summed E-state index contributed by atoms with van der Waals surface area (Å²) < 4.78 is 1.76. The fourth-order valence-electron chi connectivity index (χ4n) is 1.72. The minimum Gasteiger partial charge on any atom is -0.368 e. The molecule has 0 radical (unpaired) electrons. The van der Waals surface area contributed by atoms with Crippen LogP contribution >= 0.6 is 11.6 Å². The first kappa shape index (κ1) is 11.0. The number of hydrogen-bond acceptors (Lipinski definition) is 2. The van der Waals surface area contributed by atoms with Crippen LogP contribution in [0.2, 0.25) is 0 Å². The third kappa shape index (κ3) is 1.88. The lowest BCUT2D eigenvalue weighted by Crippen LogP contribution is -2.19. The molecule has 0 aliphatic carbocycles. The van der Waals surface area contributed by atoms with Gasteiger partial charge in [0.2, 0.25) is 5.91 Å². The van der Waals surface area contributed by atoms with E-state index in [4.69, 9.17) is 17.3 Å². The van der Waals surface area contributed by atoms with Gasteiger partial charge in [-0.05, 0) is 24.6 Å². The molecule has 84 valence electrons. The number of alkyl halides is 1. The van der Waals surface area contributed by atoms with E-state index in [0.29, 0.717) is 5.82 Å². The van der Waals surface area contributed by atoms with Gasteiger partial charge in [0.1, 0.15) is 12.4 Å². The van der Waals surface area contributed by atoms with Crippen LogP contribution in [0.4, 0.5) is 0 Å². The number of halogens is 1. The number of hydrogen-bond donors (Lipinski definition) is 1. The molecule has 2 rings (SSSR count). The zero-order valence-electron chi connectivity index (χ0n) is 8.90. The van der Waals surface area contributed by atoms with Crippen molar-refractivity contribution in [3.63, 3.8) is 0 Å². The van der Waals surface area contributed by atoms with Gasteiger partial charge in [-0.2, -0.15) is 0 Å². The molecule has 2 aromatic rings. The average Bonchev–Trinajstić information content (AvgIpc) is 2.56. The third-order valence-corrected chi connectivity index (χ3v) is 2.66. The van der Waals surface area contributed by atoms with E-state index < -0.39 is 5.91 Å². The Kier molecular flexibility index (Phi) is 2.83. The Balaban J connectivity index is 2.65. The van der Waals surface area contributed by atoms with Crippen molar-refractivity contribution in [1.29, 1.82) is 0 Å². The van der Waals surface area contributed by atoms with Crippen LogP contribution in [0.15, 0.2) is 18.2 Å². The van der Waals surface area contributed by atoms with E-state index in [-0.39, 0.29) is 12.4 Å². The Hall–Kier alpha value is -1.55. The summed E-state index contributed by atoms with van der Waals surface area (Å²) in [4.78, 5) is 15.3. The number of nitrogens with zero attached hydrogens (tertiary/aromatic N) is 2. The Bertz CT molecular complexity index is 547. The monoisotopic (exact) mass is 237 g/mol. The summed E-state index contributed by atoms with van der Waals surface area (Å²) in [7, 11) is 0. The SMILES string of the molecule is Cc1ccc2nc(CCl)n(CC(N)=O)c2c1. The van der Waals surface area contributed by atoms with Crippen LogP contribution in [0.25, 0.3) is 11.0 Å². The number of rotatable bonds is 3. The summed E-state index contributed by atoms with van der Waals surface area (Å²) in [5.41, 5.74) is 8.05. The summed E-state index contributed by atoms with van der Waals surface area (Å²) in [5, 5.41) is 0. The van der Waals surface area contributed by atoms with Crippen LogP contribution in [0.1, 0.15) is 11.4 Å². The van der Waals surface area contributed by atoms with E-state index in [0.717, 1.165) is 16.6 Å². The maximum atomic E-state index is 11.0. The van der Waals surface area contributed by atoms with Crippen LogP contribution in [-0.2, 0) is 17.2 Å². The van der Waals surface area contributed by atoms with E-state index in [9.17, 15) is 4.79 Å². The minimum atomic E-state index is -0.396. The van der Waals surface area contributed by atoms with Gasteiger partial charge in [-0.1, -0.05) is 6.07 Å². The molecule has 5 heteroatoms. The standard InChI is InChI=1S/C11H12ClN3O/c1-7-2-3-8-9(4-7)15(6-10(13)16)11(5-12)14-8/h2-4H,5-6H2,1H3,(H2,13,16). The van der Waals surface area contributed by atoms with Gasteiger partial charge in [-0.15, -0.1) is 11.6 Å². The molecule has 1 aromatic heterocycles. The molecule has 16 heavy (non-hydrogen) atoms. The van der Waals surface area contributed by atoms with Gasteiger partial charge in [-0.25, -0.2) is 4.98 Å². The molecule has 0 spiro atoms. The molecule has 0 unspecified atom stereocenters. The fourth-order valence-corrected chi connectivity index (χ4v) is 1.92. The second-order valence-corrected chi connectivity index (χ2v) is 3.97. The molecule has 0 aliphatic heterocycles. The third-order valence-electron chi connectivity index (χ3n) is 2.42. The molecule has 0 saturated heterocycles. The molecule has 0 atom stereocenters. The minimum absolute atomic E-state index is 0.113. The quantitative estimate of drug-likeness (QED) is 0.824. The molecule has 1 amide bonds. The second-order valence-electron chi connectivity index (χ2n) is 3.71. The van der Waals surface area contributed by atoms with E-state index in [1.165, 1.54) is 0 Å². The zero-order chi connectivity index (χ0) is 11.7. The van der Waals surface area contributed by atoms with E-state index in [1.54, 1.807) is 4.57 Å². The molecule has 1 aromatic carbocycles. The fraction of sp³-hybridized carbons (Fsp3) is 0.273. The van der Waals surface area contributed by atoms with Crippen LogP contribution in [0.5, 0.6) is 0 Å². The van der Waals surface area contributed by atoms with Crippen molar-refractivity contribution in [2.45, 2.75) is 19.3 Å². The zero-order valence-corrected chi connectivity index (χ0v) is 9.66. The molecule has 0 saturated carbocycles. The molecule has 0 fully saturated rings. The van der Waals surface area contributed by atoms with Gasteiger partial charge in [0.05, 0.1) is 16.9 Å². The van der Waals surface area contributed by atoms with Crippen molar-refractivity contribution >= 4 is 28.5 Å². The summed E-state index contributed by atoms with van der Waals surface area (Å²) in [6, 6.07) is 5.86. The van der Waals surface area contributed by atoms with Crippen LogP contribution in [0, 0.1) is 6.92 Å². The molecule has 1 heterocycles. The molecule has 4 nitrogen and oxygen atoms in total. The molecular formula is C11H12ClN3O. The number of primary amides is 1. The average molecular weight is 238 g/mol. The maximum Gasteiger partial charge on any atom is 0.237 e. The van der Waals surface area contributed by atoms with Gasteiger partial charge in [0.25, 0.3) is 0 Å². The number of benzene rings is 1. The first-order valence-corrected chi connectivity index (χ1v) is 5.45. The van der Waals surface area contributed by atoms with Crippen molar-refractivity contribution in [1.82, 2.24) is 9.55 Å². The number of imidazole rings is 1. The second kappa shape index (κ2) is 4.14. The number of amides is 1. The van der Waals surface area contributed by atoms with E-state index in [2.05, 4.69) is 4.98 Å². The Labute approximate surface area is 98.0 Å². The molecule has 0 aliphatic rings. The smallest absolute Gasteiger partial charge is 0.237 e. The van der Waals surface area contributed by atoms with Gasteiger partial charge in [0, 0.05) is 0 Å². The van der Waals surface area contributed by atoms with Crippen molar-refractivity contribution in [3.05, 3.63) is 29.6 Å². The van der Waals surface area contributed by atoms with Gasteiger partial charge in [-0.3, -0.25) is 4.79 Å². The Morgan fingerprint density at radius 1 is 1.56 bits per heavy atom. The summed E-state index contributed by atoms with van der Waals surface area (Å²) in [6.07, 6.45) is 0. The number of nitrogens with two attached hydrogens (primary N) is 1. The number of fused-ring (bicyclic) bond motifs is 1. The lowest BCUT2D eigenvalue weighted by atomic mass is 10.2. The number of carbonyl (C=O) groups is 1. The van der Waals surface area contributed by atoms with Crippen molar-refractivity contribution in [3.8, 4) is 0 Å². The number of carbonyl (C=O) groups excluding carboxylic acids is 1. The summed E-state index contributed by atoms with van der Waals surface area (Å²) >= 11 is 5.79. The summed E-state index contributed by atoms with van der Waals surface area (Å²) in [5.74, 6) is 0.536. The molecule has 0 bridgehead atoms. The highest BCUT2D eigenvalue weighted by Gasteiger charge is 2.11. The first-order valence-electron chi connectivity index (χ1n) is 4.92. The van der Waals surface area contributed by atoms with Gasteiger partial charge >= 0.3 is 0 Å². The lowest BCUT2D eigenvalue weighted by molar-refractivity contribution is -0.118. The predicted molar refractivity (Wildman–Crippen MR) is 63.2 cm³/mol. The lowest BCUT2D eigenvalue weighted by Gasteiger charge is -2.04. The summed E-state index contributed by atoms with van der Waals surface area (Å²) in [6.45, 7) is 2.10. The Morgan fingerprint density at radius 2 is 2.31 bits per heavy atom. The highest BCUT2D eigenvalue weighted by Crippen LogP contribution is 2.18. The first-order chi connectivity index (χ1) is 7.61. The van der Waals surface area contributed by atoms with Gasteiger partial charge < -0.3 is 10.3 Å². The molecular weight excluding hydrogens is 226 g/mol. The maximum absolute atomic E-state index is 11.0. The normalized spacial score (nSPS) is 10.9. The number of aromatic nitrogens is 2.